The molecule has 0 aliphatic carbocycles. The Kier molecular flexibility index (Phi) is 26.4. The van der Waals surface area contributed by atoms with Crippen molar-refractivity contribution in [1.82, 2.24) is 5.32 Å². The lowest BCUT2D eigenvalue weighted by atomic mass is 10.1. The molecule has 232 valence electrons. The Bertz CT molecular complexity index is 630. The van der Waals surface area contributed by atoms with Gasteiger partial charge in [-0.1, -0.05) is 96.8 Å². The number of nitrogens with one attached hydrogen (secondary N) is 1. The van der Waals surface area contributed by atoms with Crippen molar-refractivity contribution < 1.29 is 42.7 Å². The Morgan fingerprint density at radius 3 is 1.85 bits per heavy atom. The lowest BCUT2D eigenvalue weighted by Gasteiger charge is -2.18. The van der Waals surface area contributed by atoms with E-state index in [0.717, 1.165) is 64.3 Å². The molecule has 0 rings (SSSR count). The number of esters is 1. The Hall–Kier alpha value is -1.03. The molecule has 3 N–H and O–H groups in total. The van der Waals surface area contributed by atoms with Crippen molar-refractivity contribution in [2.75, 3.05) is 33.2 Å². The monoisotopic (exact) mass is 581 g/mol. The van der Waals surface area contributed by atoms with Crippen molar-refractivity contribution in [2.24, 2.45) is 0 Å². The molecule has 0 radical (unpaired) electrons. The van der Waals surface area contributed by atoms with E-state index in [1.807, 2.05) is 0 Å². The zero-order chi connectivity index (χ0) is 29.0. The third-order valence-corrected chi connectivity index (χ3v) is 6.76. The number of unbranched alkanes of at least 4 members (excludes halogenated alkanes) is 15. The Morgan fingerprint density at radius 1 is 0.744 bits per heavy atom. The summed E-state index contributed by atoms with van der Waals surface area (Å²) in [6, 6.07) is 0. The van der Waals surface area contributed by atoms with Gasteiger partial charge in [-0.15, -0.1) is 0 Å². The zero-order valence-corrected chi connectivity index (χ0v) is 25.4. The van der Waals surface area contributed by atoms with E-state index in [1.54, 1.807) is 0 Å². The molecule has 0 aliphatic rings. The first-order valence-electron chi connectivity index (χ1n) is 15.0. The number of hydrogen-bond donors (Lipinski definition) is 3. The third-order valence-electron chi connectivity index (χ3n) is 6.27. The average molecular weight is 582 g/mol. The number of phosphoric ester groups is 1. The number of amides is 1. The van der Waals surface area contributed by atoms with Crippen LogP contribution in [0.15, 0.2) is 0 Å². The molecule has 0 aromatic heterocycles. The molecular weight excluding hydrogens is 525 g/mol. The van der Waals surface area contributed by atoms with Gasteiger partial charge in [0.1, 0.15) is 12.9 Å². The lowest BCUT2D eigenvalue weighted by molar-refractivity contribution is -0.158. The maximum Gasteiger partial charge on any atom is 0.469 e. The summed E-state index contributed by atoms with van der Waals surface area (Å²) in [6.07, 6.45) is 18.6. The van der Waals surface area contributed by atoms with Gasteiger partial charge in [0.15, 0.2) is 0 Å². The minimum absolute atomic E-state index is 0.000713. The number of phosphoric acid groups is 1. The zero-order valence-electron chi connectivity index (χ0n) is 24.5. The summed E-state index contributed by atoms with van der Waals surface area (Å²) < 4.78 is 31.8. The molecular formula is C28H56NO9P. The fourth-order valence-corrected chi connectivity index (χ4v) is 4.43. The molecule has 10 nitrogen and oxygen atoms in total. The SMILES string of the molecule is CCCCCCCCCCCCCC(=O)O[C@@H](COCOCCCCCCCCNC(C)=O)COP(=O)(O)O. The van der Waals surface area contributed by atoms with Crippen molar-refractivity contribution in [3.8, 4) is 0 Å². The van der Waals surface area contributed by atoms with E-state index < -0.39 is 26.5 Å². The molecule has 0 aliphatic heterocycles. The molecule has 11 heteroatoms. The maximum atomic E-state index is 12.2. The maximum absolute atomic E-state index is 12.2. The normalized spacial score (nSPS) is 12.4. The molecule has 0 saturated heterocycles. The van der Waals surface area contributed by atoms with Gasteiger partial charge in [0.05, 0.1) is 13.2 Å². The highest BCUT2D eigenvalue weighted by Gasteiger charge is 2.21. The molecule has 0 heterocycles. The second-order valence-corrected chi connectivity index (χ2v) is 11.4. The Labute approximate surface area is 236 Å². The van der Waals surface area contributed by atoms with Gasteiger partial charge in [-0.3, -0.25) is 14.1 Å². The van der Waals surface area contributed by atoms with E-state index >= 15 is 0 Å². The summed E-state index contributed by atoms with van der Waals surface area (Å²) in [5.41, 5.74) is 0. The largest absolute Gasteiger partial charge is 0.469 e. The fraction of sp³-hybridized carbons (Fsp3) is 0.929. The summed E-state index contributed by atoms with van der Waals surface area (Å²) in [7, 11) is -4.68. The second-order valence-electron chi connectivity index (χ2n) is 10.2. The van der Waals surface area contributed by atoms with E-state index in [0.29, 0.717) is 6.61 Å². The van der Waals surface area contributed by atoms with Crippen molar-refractivity contribution >= 4 is 19.7 Å². The van der Waals surface area contributed by atoms with Crippen LogP contribution in [0, 0.1) is 0 Å². The van der Waals surface area contributed by atoms with Gasteiger partial charge in [-0.2, -0.15) is 0 Å². The number of rotatable bonds is 29. The Balaban J connectivity index is 3.87. The molecule has 1 atom stereocenters. The first kappa shape index (κ1) is 38.0. The molecule has 1 amide bonds. The van der Waals surface area contributed by atoms with Crippen molar-refractivity contribution in [3.63, 3.8) is 0 Å². The van der Waals surface area contributed by atoms with E-state index in [9.17, 15) is 14.2 Å². The summed E-state index contributed by atoms with van der Waals surface area (Å²) in [6.45, 7) is 4.49. The summed E-state index contributed by atoms with van der Waals surface area (Å²) in [4.78, 5) is 41.0. The molecule has 0 aromatic carbocycles. The van der Waals surface area contributed by atoms with Crippen molar-refractivity contribution in [3.05, 3.63) is 0 Å². The quantitative estimate of drug-likeness (QED) is 0.0409. The average Bonchev–Trinajstić information content (AvgIpc) is 2.87. The molecule has 0 spiro atoms. The second kappa shape index (κ2) is 27.2. The van der Waals surface area contributed by atoms with E-state index in [2.05, 4.69) is 16.8 Å². The standard InChI is InChI=1S/C28H56NO9P/c1-3-4-5-6-7-8-9-10-11-14-17-20-28(31)38-27(24-37-39(32,33)34)23-36-25-35-22-19-16-13-12-15-18-21-29-26(2)30/h27H,3-25H2,1-2H3,(H,29,30)(H2,32,33,34)/t27-/m0/s1. The first-order chi connectivity index (χ1) is 18.7. The number of carbonyl (C=O) groups excluding carboxylic acids is 2. The fourth-order valence-electron chi connectivity index (χ4n) is 4.07. The van der Waals surface area contributed by atoms with Gasteiger partial charge in [0.2, 0.25) is 5.91 Å². The van der Waals surface area contributed by atoms with Gasteiger partial charge in [0.25, 0.3) is 0 Å². The highest BCUT2D eigenvalue weighted by atomic mass is 31.2. The minimum atomic E-state index is -4.68. The molecule has 0 unspecified atom stereocenters. The molecule has 0 saturated carbocycles. The van der Waals surface area contributed by atoms with Crippen LogP contribution in [0.3, 0.4) is 0 Å². The Morgan fingerprint density at radius 2 is 1.28 bits per heavy atom. The molecule has 0 aromatic rings. The van der Waals surface area contributed by atoms with Gasteiger partial charge >= 0.3 is 13.8 Å². The van der Waals surface area contributed by atoms with E-state index in [1.165, 1.54) is 58.3 Å². The van der Waals surface area contributed by atoms with Crippen LogP contribution in [0.4, 0.5) is 0 Å². The first-order valence-corrected chi connectivity index (χ1v) is 16.6. The third kappa shape index (κ3) is 31.4. The molecule has 0 bridgehead atoms. The predicted octanol–water partition coefficient (Wildman–Crippen LogP) is 6.18. The highest BCUT2D eigenvalue weighted by Crippen LogP contribution is 2.35. The van der Waals surface area contributed by atoms with Crippen LogP contribution >= 0.6 is 7.82 Å². The van der Waals surface area contributed by atoms with Crippen LogP contribution in [0.5, 0.6) is 0 Å². The summed E-state index contributed by atoms with van der Waals surface area (Å²) >= 11 is 0. The summed E-state index contributed by atoms with van der Waals surface area (Å²) in [5.74, 6) is -0.417. The predicted molar refractivity (Wildman–Crippen MR) is 152 cm³/mol. The van der Waals surface area contributed by atoms with Gasteiger partial charge in [-0.05, 0) is 19.3 Å². The van der Waals surface area contributed by atoms with Crippen LogP contribution < -0.4 is 5.32 Å². The number of carbonyl (C=O) groups is 2. The van der Waals surface area contributed by atoms with Crippen LogP contribution in [-0.2, 0) is 32.9 Å². The van der Waals surface area contributed by atoms with Gasteiger partial charge < -0.3 is 29.3 Å². The molecule has 0 fully saturated rings. The van der Waals surface area contributed by atoms with Gasteiger partial charge in [0, 0.05) is 26.5 Å². The highest BCUT2D eigenvalue weighted by molar-refractivity contribution is 7.46. The van der Waals surface area contributed by atoms with Crippen LogP contribution in [-0.4, -0.2) is 60.9 Å². The van der Waals surface area contributed by atoms with Crippen LogP contribution in [0.2, 0.25) is 0 Å². The molecule has 39 heavy (non-hydrogen) atoms. The smallest absolute Gasteiger partial charge is 0.457 e. The van der Waals surface area contributed by atoms with Crippen molar-refractivity contribution in [2.45, 2.75) is 136 Å². The number of hydrogen-bond acceptors (Lipinski definition) is 7. The number of ether oxygens (including phenoxy) is 3. The minimum Gasteiger partial charge on any atom is -0.457 e. The van der Waals surface area contributed by atoms with Gasteiger partial charge in [-0.25, -0.2) is 4.57 Å². The van der Waals surface area contributed by atoms with E-state index in [4.69, 9.17) is 24.0 Å². The van der Waals surface area contributed by atoms with Crippen molar-refractivity contribution in [1.29, 1.82) is 0 Å². The topological polar surface area (TPSA) is 141 Å². The summed E-state index contributed by atoms with van der Waals surface area (Å²) in [5, 5.41) is 2.79. The van der Waals surface area contributed by atoms with Crippen LogP contribution in [0.25, 0.3) is 0 Å². The van der Waals surface area contributed by atoms with E-state index in [-0.39, 0.29) is 25.7 Å². The lowest BCUT2D eigenvalue weighted by Crippen LogP contribution is -2.28. The van der Waals surface area contributed by atoms with Crippen LogP contribution in [0.1, 0.15) is 129 Å².